The normalized spacial score (nSPS) is 10.7. The summed E-state index contributed by atoms with van der Waals surface area (Å²) in [5.41, 5.74) is 1.02. The molecule has 0 unspecified atom stereocenters. The van der Waals surface area contributed by atoms with Gasteiger partial charge in [0.1, 0.15) is 0 Å². The molecule has 1 heterocycles. The number of nitrogens with zero attached hydrogens (tertiary/aromatic N) is 1. The fraction of sp³-hybridized carbons (Fsp3) is 0.389. The number of benzene rings is 1. The Morgan fingerprint density at radius 1 is 0.857 bits per heavy atom. The van der Waals surface area contributed by atoms with Crippen molar-refractivity contribution in [1.82, 2.24) is 4.98 Å². The molecular formula is C18H23NOSi. The Morgan fingerprint density at radius 2 is 1.67 bits per heavy atom. The van der Waals surface area contributed by atoms with Crippen molar-refractivity contribution in [3.8, 4) is 0 Å². The van der Waals surface area contributed by atoms with Crippen LogP contribution in [-0.2, 0) is 11.3 Å². The lowest BCUT2D eigenvalue weighted by Gasteiger charge is -2.04. The molecule has 0 aliphatic heterocycles. The van der Waals surface area contributed by atoms with Gasteiger partial charge >= 0.3 is 0 Å². The summed E-state index contributed by atoms with van der Waals surface area (Å²) in [5.74, 6) is 0. The quantitative estimate of drug-likeness (QED) is 0.494. The standard InChI is InChI=1S/C18H23NOSi/c1(2-9-15-21-18-11-4-3-5-12-18)8-14-20-16-17-10-6-7-13-19-17/h3-7,10-13H,1-2,8-9,14-16H2. The smallest absolute Gasteiger partial charge is 0.0887 e. The van der Waals surface area contributed by atoms with E-state index in [4.69, 9.17) is 4.74 Å². The minimum absolute atomic E-state index is 0.635. The van der Waals surface area contributed by atoms with Gasteiger partial charge in [0, 0.05) is 12.8 Å². The van der Waals surface area contributed by atoms with Crippen LogP contribution in [-0.4, -0.2) is 21.1 Å². The SMILES string of the molecule is c1ccc([Si]CCCCCCOCc2ccccn2)cc1. The van der Waals surface area contributed by atoms with Crippen molar-refractivity contribution >= 4 is 14.7 Å². The van der Waals surface area contributed by atoms with E-state index in [1.165, 1.54) is 30.5 Å². The molecule has 0 saturated carbocycles. The number of unbranched alkanes of at least 4 members (excludes halogenated alkanes) is 3. The summed E-state index contributed by atoms with van der Waals surface area (Å²) in [6, 6.07) is 18.0. The second kappa shape index (κ2) is 10.3. The molecule has 0 aliphatic carbocycles. The van der Waals surface area contributed by atoms with E-state index >= 15 is 0 Å². The zero-order chi connectivity index (χ0) is 14.6. The van der Waals surface area contributed by atoms with E-state index < -0.39 is 0 Å². The first kappa shape index (κ1) is 15.9. The van der Waals surface area contributed by atoms with Crippen LogP contribution in [0.5, 0.6) is 0 Å². The summed E-state index contributed by atoms with van der Waals surface area (Å²) < 4.78 is 5.63. The largest absolute Gasteiger partial charge is 0.375 e. The summed E-state index contributed by atoms with van der Waals surface area (Å²) in [6.45, 7) is 1.48. The fourth-order valence-electron chi connectivity index (χ4n) is 2.13. The zero-order valence-corrected chi connectivity index (χ0v) is 13.5. The van der Waals surface area contributed by atoms with Crippen LogP contribution in [0.4, 0.5) is 0 Å². The highest BCUT2D eigenvalue weighted by atomic mass is 28.2. The average Bonchev–Trinajstić information content (AvgIpc) is 2.55. The summed E-state index contributed by atoms with van der Waals surface area (Å²) in [5, 5.41) is 1.48. The molecule has 1 aromatic carbocycles. The van der Waals surface area contributed by atoms with E-state index in [1.54, 1.807) is 0 Å². The van der Waals surface area contributed by atoms with Crippen molar-refractivity contribution in [2.75, 3.05) is 6.61 Å². The third kappa shape index (κ3) is 7.21. The fourth-order valence-corrected chi connectivity index (χ4v) is 3.28. The highest BCUT2D eigenvalue weighted by Crippen LogP contribution is 2.04. The first-order chi connectivity index (χ1) is 10.4. The minimum atomic E-state index is 0.635. The van der Waals surface area contributed by atoms with E-state index in [9.17, 15) is 0 Å². The van der Waals surface area contributed by atoms with Gasteiger partial charge in [-0.05, 0) is 18.6 Å². The van der Waals surface area contributed by atoms with Crippen LogP contribution >= 0.6 is 0 Å². The van der Waals surface area contributed by atoms with Crippen LogP contribution in [0.25, 0.3) is 0 Å². The highest BCUT2D eigenvalue weighted by molar-refractivity contribution is 6.53. The molecule has 2 radical (unpaired) electrons. The first-order valence-corrected chi connectivity index (χ1v) is 8.92. The van der Waals surface area contributed by atoms with Gasteiger partial charge in [0.2, 0.25) is 0 Å². The topological polar surface area (TPSA) is 22.1 Å². The van der Waals surface area contributed by atoms with Crippen molar-refractivity contribution < 1.29 is 4.74 Å². The lowest BCUT2D eigenvalue weighted by molar-refractivity contribution is 0.114. The molecule has 0 N–H and O–H groups in total. The Hall–Kier alpha value is -1.45. The first-order valence-electron chi connectivity index (χ1n) is 7.72. The molecule has 0 saturated heterocycles. The van der Waals surface area contributed by atoms with Crippen molar-refractivity contribution in [2.24, 2.45) is 0 Å². The lowest BCUT2D eigenvalue weighted by atomic mass is 10.2. The second-order valence-electron chi connectivity index (χ2n) is 5.08. The third-order valence-corrected chi connectivity index (χ3v) is 4.64. The number of pyridine rings is 1. The summed E-state index contributed by atoms with van der Waals surface area (Å²) in [4.78, 5) is 4.24. The van der Waals surface area contributed by atoms with Crippen LogP contribution in [0.2, 0.25) is 6.04 Å². The highest BCUT2D eigenvalue weighted by Gasteiger charge is 1.96. The maximum absolute atomic E-state index is 5.63. The summed E-state index contributed by atoms with van der Waals surface area (Å²) >= 11 is 0. The van der Waals surface area contributed by atoms with E-state index in [0.717, 1.165) is 28.2 Å². The van der Waals surface area contributed by atoms with Gasteiger partial charge < -0.3 is 4.74 Å². The van der Waals surface area contributed by atoms with Gasteiger partial charge in [0.05, 0.1) is 21.8 Å². The molecule has 2 nitrogen and oxygen atoms in total. The molecule has 0 fully saturated rings. The molecule has 110 valence electrons. The molecule has 0 amide bonds. The van der Waals surface area contributed by atoms with Gasteiger partial charge in [-0.25, -0.2) is 0 Å². The van der Waals surface area contributed by atoms with Crippen LogP contribution in [0.1, 0.15) is 31.4 Å². The lowest BCUT2D eigenvalue weighted by Crippen LogP contribution is -2.12. The van der Waals surface area contributed by atoms with Gasteiger partial charge in [-0.15, -0.1) is 0 Å². The van der Waals surface area contributed by atoms with Crippen LogP contribution in [0, 0.1) is 0 Å². The summed E-state index contributed by atoms with van der Waals surface area (Å²) in [6.07, 6.45) is 6.87. The monoisotopic (exact) mass is 297 g/mol. The second-order valence-corrected chi connectivity index (χ2v) is 6.51. The molecule has 2 rings (SSSR count). The molecule has 0 bridgehead atoms. The van der Waals surface area contributed by atoms with Gasteiger partial charge in [-0.3, -0.25) is 4.98 Å². The maximum atomic E-state index is 5.63. The van der Waals surface area contributed by atoms with Crippen LogP contribution in [0.15, 0.2) is 54.7 Å². The van der Waals surface area contributed by atoms with E-state index in [1.807, 2.05) is 24.4 Å². The average molecular weight is 297 g/mol. The van der Waals surface area contributed by atoms with Crippen molar-refractivity contribution in [3.05, 3.63) is 60.4 Å². The Bertz CT molecular complexity index is 430. The molecular weight excluding hydrogens is 274 g/mol. The molecule has 2 aromatic rings. The number of rotatable bonds is 10. The Balaban J connectivity index is 1.40. The van der Waals surface area contributed by atoms with Gasteiger partial charge in [0.25, 0.3) is 0 Å². The number of hydrogen-bond donors (Lipinski definition) is 0. The van der Waals surface area contributed by atoms with E-state index in [-0.39, 0.29) is 0 Å². The minimum Gasteiger partial charge on any atom is -0.375 e. The van der Waals surface area contributed by atoms with Crippen LogP contribution in [0.3, 0.4) is 0 Å². The predicted octanol–water partition coefficient (Wildman–Crippen LogP) is 3.61. The van der Waals surface area contributed by atoms with Crippen molar-refractivity contribution in [3.63, 3.8) is 0 Å². The molecule has 0 atom stereocenters. The van der Waals surface area contributed by atoms with Crippen molar-refractivity contribution in [1.29, 1.82) is 0 Å². The Labute approximate surface area is 130 Å². The zero-order valence-electron chi connectivity index (χ0n) is 12.5. The van der Waals surface area contributed by atoms with E-state index in [0.29, 0.717) is 6.61 Å². The molecule has 21 heavy (non-hydrogen) atoms. The van der Waals surface area contributed by atoms with Crippen LogP contribution < -0.4 is 5.19 Å². The van der Waals surface area contributed by atoms with Gasteiger partial charge in [-0.1, -0.05) is 66.9 Å². The van der Waals surface area contributed by atoms with Gasteiger partial charge in [-0.2, -0.15) is 0 Å². The number of aromatic nitrogens is 1. The predicted molar refractivity (Wildman–Crippen MR) is 89.0 cm³/mol. The van der Waals surface area contributed by atoms with Gasteiger partial charge in [0.15, 0.2) is 0 Å². The molecule has 0 aliphatic rings. The Morgan fingerprint density at radius 3 is 2.48 bits per heavy atom. The molecule has 3 heteroatoms. The van der Waals surface area contributed by atoms with Crippen molar-refractivity contribution in [2.45, 2.75) is 38.3 Å². The molecule has 0 spiro atoms. The number of hydrogen-bond acceptors (Lipinski definition) is 2. The molecule has 1 aromatic heterocycles. The summed E-state index contributed by atoms with van der Waals surface area (Å²) in [7, 11) is 0.958. The Kier molecular flexibility index (Phi) is 7.81. The maximum Gasteiger partial charge on any atom is 0.0887 e. The van der Waals surface area contributed by atoms with E-state index in [2.05, 4.69) is 35.3 Å². The third-order valence-electron chi connectivity index (χ3n) is 3.29. The number of ether oxygens (including phenoxy) is 1.